The Labute approximate surface area is 289 Å². The standard InChI is InChI=1S/C36H48N3O8PS/c1-24-19-30-32-29(25-9-8-10-28(20-25)49(41,42)27-11-12-27)13-14-31(33(32)38-34(30)37-21-24)44-23-26(22-39-15-17-43-18-16-39)45-48(40,46-35(2,3)4)47-36(5,6)7/h8-10,13-14,19-21,26-27H,11-12,15-18,22-23H2,1-7H3,(H,37,38). The van der Waals surface area contributed by atoms with Crippen molar-refractivity contribution >= 4 is 39.6 Å². The number of benzene rings is 2. The first-order valence-electron chi connectivity index (χ1n) is 16.9. The van der Waals surface area contributed by atoms with Crippen molar-refractivity contribution in [2.75, 3.05) is 39.5 Å². The molecule has 0 radical (unpaired) electrons. The molecule has 0 amide bonds. The van der Waals surface area contributed by atoms with Crippen LogP contribution in [-0.2, 0) is 32.7 Å². The largest absolute Gasteiger partial charge is 0.489 e. The van der Waals surface area contributed by atoms with Gasteiger partial charge in [0.05, 0.1) is 40.1 Å². The second-order valence-electron chi connectivity index (χ2n) is 15.0. The molecule has 2 fully saturated rings. The van der Waals surface area contributed by atoms with Crippen LogP contribution in [-0.4, -0.2) is 85.3 Å². The number of morpholine rings is 1. The normalized spacial score (nSPS) is 17.5. The second-order valence-corrected chi connectivity index (χ2v) is 18.7. The van der Waals surface area contributed by atoms with Crippen molar-refractivity contribution in [2.45, 2.75) is 88.8 Å². The average molecular weight is 714 g/mol. The summed E-state index contributed by atoms with van der Waals surface area (Å²) >= 11 is 0. The van der Waals surface area contributed by atoms with Gasteiger partial charge in [0.25, 0.3) is 0 Å². The third kappa shape index (κ3) is 8.73. The molecule has 0 spiro atoms. The van der Waals surface area contributed by atoms with Crippen LogP contribution in [0.5, 0.6) is 5.75 Å². The van der Waals surface area contributed by atoms with Crippen LogP contribution < -0.4 is 4.74 Å². The molecule has 1 saturated carbocycles. The van der Waals surface area contributed by atoms with Crippen LogP contribution in [0.4, 0.5) is 0 Å². The van der Waals surface area contributed by atoms with Crippen molar-refractivity contribution in [3.63, 3.8) is 0 Å². The fourth-order valence-electron chi connectivity index (χ4n) is 6.02. The summed E-state index contributed by atoms with van der Waals surface area (Å²) in [6.07, 6.45) is 2.52. The summed E-state index contributed by atoms with van der Waals surface area (Å²) in [5.41, 5.74) is 2.44. The lowest BCUT2D eigenvalue weighted by atomic mass is 9.99. The quantitative estimate of drug-likeness (QED) is 0.148. The SMILES string of the molecule is Cc1cnc2[nH]c3c(OCC(CN4CCOCC4)OP(=O)(OC(C)(C)C)OC(C)(C)C)ccc(-c4cccc(S(=O)(=O)C5CC5)c4)c3c2c1. The fraction of sp³-hybridized carbons (Fsp3) is 0.528. The summed E-state index contributed by atoms with van der Waals surface area (Å²) in [6, 6.07) is 13.0. The molecule has 266 valence electrons. The molecule has 0 bridgehead atoms. The van der Waals surface area contributed by atoms with Crippen molar-refractivity contribution in [1.82, 2.24) is 14.9 Å². The average Bonchev–Trinajstić information content (AvgIpc) is 3.80. The highest BCUT2D eigenvalue weighted by Gasteiger charge is 2.40. The number of aromatic nitrogens is 2. The third-order valence-electron chi connectivity index (χ3n) is 8.18. The molecule has 1 unspecified atom stereocenters. The molecule has 2 aromatic heterocycles. The molecule has 13 heteroatoms. The van der Waals surface area contributed by atoms with E-state index in [1.807, 2.05) is 66.7 Å². The molecule has 1 N–H and O–H groups in total. The van der Waals surface area contributed by atoms with Crippen LogP contribution in [0.1, 0.15) is 59.9 Å². The first kappa shape index (κ1) is 36.0. The fourth-order valence-corrected chi connectivity index (χ4v) is 9.68. The van der Waals surface area contributed by atoms with Crippen LogP contribution in [0.15, 0.2) is 53.6 Å². The molecule has 1 atom stereocenters. The van der Waals surface area contributed by atoms with E-state index in [0.717, 1.165) is 27.5 Å². The number of sulfone groups is 1. The van der Waals surface area contributed by atoms with Gasteiger partial charge in [-0.1, -0.05) is 12.1 Å². The van der Waals surface area contributed by atoms with E-state index in [-0.39, 0.29) is 11.9 Å². The van der Waals surface area contributed by atoms with Crippen LogP contribution in [0.25, 0.3) is 33.1 Å². The van der Waals surface area contributed by atoms with Crippen LogP contribution in [0.3, 0.4) is 0 Å². The van der Waals surface area contributed by atoms with Gasteiger partial charge in [-0.25, -0.2) is 18.0 Å². The monoisotopic (exact) mass is 713 g/mol. The topological polar surface area (TPSA) is 129 Å². The summed E-state index contributed by atoms with van der Waals surface area (Å²) in [7, 11) is -7.43. The summed E-state index contributed by atoms with van der Waals surface area (Å²) < 4.78 is 70.8. The minimum absolute atomic E-state index is 0.0493. The summed E-state index contributed by atoms with van der Waals surface area (Å²) in [5, 5.41) is 1.46. The highest BCUT2D eigenvalue weighted by molar-refractivity contribution is 7.92. The lowest BCUT2D eigenvalue weighted by molar-refractivity contribution is -0.0339. The smallest absolute Gasteiger partial charge is 0.476 e. The number of phosphoric acid groups is 1. The predicted octanol–water partition coefficient (Wildman–Crippen LogP) is 7.46. The van der Waals surface area contributed by atoms with Gasteiger partial charge < -0.3 is 14.5 Å². The number of aromatic amines is 1. The Balaban J connectivity index is 1.37. The zero-order valence-corrected chi connectivity index (χ0v) is 31.2. The molecular formula is C36H48N3O8PS. The van der Waals surface area contributed by atoms with Crippen LogP contribution >= 0.6 is 7.82 Å². The number of nitrogens with one attached hydrogen (secondary N) is 1. The van der Waals surface area contributed by atoms with Crippen LogP contribution in [0, 0.1) is 6.92 Å². The van der Waals surface area contributed by atoms with E-state index in [1.54, 1.807) is 24.4 Å². The highest BCUT2D eigenvalue weighted by Crippen LogP contribution is 2.56. The Bertz CT molecular complexity index is 1950. The number of phosphoric ester groups is 1. The van der Waals surface area contributed by atoms with E-state index < -0.39 is 35.0 Å². The number of aryl methyl sites for hydroxylation is 1. The van der Waals surface area contributed by atoms with E-state index in [4.69, 9.17) is 23.0 Å². The minimum Gasteiger partial charge on any atom is -0.489 e. The van der Waals surface area contributed by atoms with Crippen molar-refractivity contribution in [3.05, 3.63) is 54.2 Å². The molecular weight excluding hydrogens is 665 g/mol. The molecule has 1 aliphatic heterocycles. The second kappa shape index (κ2) is 13.7. The van der Waals surface area contributed by atoms with E-state index in [1.165, 1.54) is 0 Å². The first-order chi connectivity index (χ1) is 23.0. The number of ether oxygens (including phenoxy) is 2. The highest BCUT2D eigenvalue weighted by atomic mass is 32.2. The molecule has 2 aromatic carbocycles. The van der Waals surface area contributed by atoms with E-state index >= 15 is 0 Å². The van der Waals surface area contributed by atoms with Gasteiger partial charge in [0.2, 0.25) is 0 Å². The first-order valence-corrected chi connectivity index (χ1v) is 19.9. The van der Waals surface area contributed by atoms with Gasteiger partial charge in [0, 0.05) is 36.6 Å². The van der Waals surface area contributed by atoms with E-state index in [9.17, 15) is 13.0 Å². The van der Waals surface area contributed by atoms with E-state index in [2.05, 4.69) is 20.9 Å². The predicted molar refractivity (Wildman–Crippen MR) is 191 cm³/mol. The number of pyridine rings is 1. The van der Waals surface area contributed by atoms with Crippen molar-refractivity contribution < 1.29 is 36.0 Å². The molecule has 1 saturated heterocycles. The molecule has 1 aliphatic carbocycles. The molecule has 3 heterocycles. The van der Waals surface area contributed by atoms with Gasteiger partial charge in [-0.05, 0) is 108 Å². The van der Waals surface area contributed by atoms with Gasteiger partial charge in [0.1, 0.15) is 24.1 Å². The van der Waals surface area contributed by atoms with Crippen molar-refractivity contribution in [1.29, 1.82) is 0 Å². The number of hydrogen-bond acceptors (Lipinski definition) is 10. The lowest BCUT2D eigenvalue weighted by Crippen LogP contribution is -2.43. The number of H-pyrrole nitrogens is 1. The molecule has 49 heavy (non-hydrogen) atoms. The van der Waals surface area contributed by atoms with Gasteiger partial charge in [0.15, 0.2) is 9.84 Å². The maximum Gasteiger partial charge on any atom is 0.476 e. The Morgan fingerprint density at radius 3 is 2.37 bits per heavy atom. The lowest BCUT2D eigenvalue weighted by Gasteiger charge is -2.35. The summed E-state index contributed by atoms with van der Waals surface area (Å²) in [5.74, 6) is 0.551. The Kier molecular flexibility index (Phi) is 10.1. The Hall–Kier alpha value is -2.83. The molecule has 11 nitrogen and oxygen atoms in total. The van der Waals surface area contributed by atoms with Gasteiger partial charge in [-0.15, -0.1) is 0 Å². The van der Waals surface area contributed by atoms with Gasteiger partial charge >= 0.3 is 7.82 Å². The van der Waals surface area contributed by atoms with Crippen molar-refractivity contribution in [3.8, 4) is 16.9 Å². The zero-order chi connectivity index (χ0) is 35.2. The maximum absolute atomic E-state index is 14.2. The van der Waals surface area contributed by atoms with Gasteiger partial charge in [-0.3, -0.25) is 18.5 Å². The zero-order valence-electron chi connectivity index (χ0n) is 29.4. The maximum atomic E-state index is 14.2. The minimum atomic E-state index is -4.06. The summed E-state index contributed by atoms with van der Waals surface area (Å²) in [6.45, 7) is 15.9. The van der Waals surface area contributed by atoms with Crippen LogP contribution in [0.2, 0.25) is 0 Å². The van der Waals surface area contributed by atoms with Gasteiger partial charge in [-0.2, -0.15) is 0 Å². The Morgan fingerprint density at radius 2 is 1.71 bits per heavy atom. The summed E-state index contributed by atoms with van der Waals surface area (Å²) in [4.78, 5) is 10.6. The molecule has 2 aliphatic rings. The van der Waals surface area contributed by atoms with E-state index in [0.29, 0.717) is 67.5 Å². The number of hydrogen-bond donors (Lipinski definition) is 1. The number of nitrogens with zero attached hydrogens (tertiary/aromatic N) is 2. The number of rotatable bonds is 12. The third-order valence-corrected chi connectivity index (χ3v) is 12.5. The Morgan fingerprint density at radius 1 is 1.02 bits per heavy atom. The number of fused-ring (bicyclic) bond motifs is 3. The molecule has 6 rings (SSSR count). The van der Waals surface area contributed by atoms with Crippen molar-refractivity contribution in [2.24, 2.45) is 0 Å². The molecule has 4 aromatic rings.